The monoisotopic (exact) mass is 565 g/mol. The average Bonchev–Trinajstić information content (AvgIpc) is 2.87. The summed E-state index contributed by atoms with van der Waals surface area (Å²) < 4.78 is 21.8. The number of hydrogen-bond donors (Lipinski definition) is 0. The van der Waals surface area contributed by atoms with E-state index in [1.54, 1.807) is 6.08 Å². The van der Waals surface area contributed by atoms with E-state index < -0.39 is 33.8 Å². The molecule has 0 atom stereocenters. The molecule has 0 fully saturated rings. The zero-order chi connectivity index (χ0) is 27.0. The van der Waals surface area contributed by atoms with Crippen molar-refractivity contribution in [3.63, 3.8) is 0 Å². The Balaban J connectivity index is 2.11. The molecule has 0 aliphatic carbocycles. The Kier molecular flexibility index (Phi) is 9.96. The highest BCUT2D eigenvalue weighted by Gasteiger charge is 2.53. The SMILES string of the molecule is C[Si](C)(O[Si](CCCN=C=O)(O[Si](C)(C)c1ccccc1)O[Si](C)(C)c1ccccc1)c1ccccc1. The van der Waals surface area contributed by atoms with Gasteiger partial charge in [0.05, 0.1) is 6.54 Å². The van der Waals surface area contributed by atoms with Crippen LogP contribution in [0.4, 0.5) is 0 Å². The smallest absolute Gasteiger partial charge is 0.412 e. The number of nitrogens with zero attached hydrogens (tertiary/aromatic N) is 1. The van der Waals surface area contributed by atoms with Crippen molar-refractivity contribution in [2.75, 3.05) is 6.54 Å². The van der Waals surface area contributed by atoms with Gasteiger partial charge in [0.25, 0.3) is 0 Å². The van der Waals surface area contributed by atoms with E-state index >= 15 is 0 Å². The van der Waals surface area contributed by atoms with E-state index in [0.29, 0.717) is 19.0 Å². The molecule has 37 heavy (non-hydrogen) atoms. The van der Waals surface area contributed by atoms with E-state index in [1.807, 2.05) is 18.2 Å². The van der Waals surface area contributed by atoms with E-state index in [4.69, 9.17) is 12.3 Å². The summed E-state index contributed by atoms with van der Waals surface area (Å²) in [5, 5.41) is 3.59. The quantitative estimate of drug-likeness (QED) is 0.126. The molecule has 0 aliphatic rings. The third kappa shape index (κ3) is 8.13. The highest BCUT2D eigenvalue weighted by molar-refractivity contribution is 6.98. The summed E-state index contributed by atoms with van der Waals surface area (Å²) >= 11 is 0. The van der Waals surface area contributed by atoms with Gasteiger partial charge in [0.15, 0.2) is 0 Å². The summed E-state index contributed by atoms with van der Waals surface area (Å²) in [7, 11) is -10.6. The third-order valence-corrected chi connectivity index (χ3v) is 22.4. The minimum atomic E-state index is -3.30. The Labute approximate surface area is 226 Å². The Morgan fingerprint density at radius 2 is 0.919 bits per heavy atom. The van der Waals surface area contributed by atoms with Gasteiger partial charge >= 0.3 is 8.80 Å². The molecule has 0 saturated heterocycles. The first kappa shape index (κ1) is 29.3. The normalized spacial score (nSPS) is 12.7. The van der Waals surface area contributed by atoms with Crippen LogP contribution in [0.2, 0.25) is 45.3 Å². The van der Waals surface area contributed by atoms with Crippen LogP contribution in [0.5, 0.6) is 0 Å². The Morgan fingerprint density at radius 1 is 0.595 bits per heavy atom. The van der Waals surface area contributed by atoms with Crippen molar-refractivity contribution >= 4 is 55.4 Å². The first-order valence-corrected chi connectivity index (χ1v) is 23.5. The van der Waals surface area contributed by atoms with Crippen LogP contribution in [0.15, 0.2) is 96.0 Å². The van der Waals surface area contributed by atoms with Crippen molar-refractivity contribution in [3.05, 3.63) is 91.0 Å². The molecule has 0 bridgehead atoms. The fourth-order valence-corrected chi connectivity index (χ4v) is 21.7. The van der Waals surface area contributed by atoms with Crippen LogP contribution < -0.4 is 15.6 Å². The zero-order valence-electron chi connectivity index (χ0n) is 22.9. The van der Waals surface area contributed by atoms with Crippen LogP contribution in [0.3, 0.4) is 0 Å². The molecule has 0 radical (unpaired) electrons. The highest BCUT2D eigenvalue weighted by atomic mass is 28.5. The molecule has 196 valence electrons. The lowest BCUT2D eigenvalue weighted by molar-refractivity contribution is 0.255. The number of aliphatic imine (C=N–C) groups is 1. The summed E-state index contributed by atoms with van der Waals surface area (Å²) in [6, 6.07) is 31.9. The van der Waals surface area contributed by atoms with Crippen molar-refractivity contribution in [1.29, 1.82) is 0 Å². The van der Waals surface area contributed by atoms with Gasteiger partial charge in [0, 0.05) is 6.04 Å². The Morgan fingerprint density at radius 3 is 1.22 bits per heavy atom. The van der Waals surface area contributed by atoms with Gasteiger partial charge in [-0.15, -0.1) is 0 Å². The van der Waals surface area contributed by atoms with Crippen LogP contribution in [0.25, 0.3) is 0 Å². The second kappa shape index (κ2) is 12.6. The van der Waals surface area contributed by atoms with Crippen LogP contribution in [-0.2, 0) is 17.1 Å². The minimum Gasteiger partial charge on any atom is -0.412 e. The molecule has 0 heterocycles. The maximum Gasteiger partial charge on any atom is 0.470 e. The van der Waals surface area contributed by atoms with Gasteiger partial charge in [-0.1, -0.05) is 91.0 Å². The van der Waals surface area contributed by atoms with Crippen molar-refractivity contribution in [2.45, 2.75) is 51.7 Å². The molecule has 5 nitrogen and oxygen atoms in total. The van der Waals surface area contributed by atoms with Gasteiger partial charge in [-0.3, -0.25) is 0 Å². The fraction of sp³-hybridized carbons (Fsp3) is 0.321. The number of isocyanates is 1. The molecule has 3 aromatic carbocycles. The van der Waals surface area contributed by atoms with E-state index in [1.165, 1.54) is 15.6 Å². The highest BCUT2D eigenvalue weighted by Crippen LogP contribution is 2.30. The summed E-state index contributed by atoms with van der Waals surface area (Å²) in [5.74, 6) is 0. The fourth-order valence-electron chi connectivity index (χ4n) is 4.50. The van der Waals surface area contributed by atoms with Crippen molar-refractivity contribution in [1.82, 2.24) is 0 Å². The zero-order valence-corrected chi connectivity index (χ0v) is 26.9. The second-order valence-electron chi connectivity index (χ2n) is 10.7. The Bertz CT molecular complexity index is 1040. The standard InChI is InChI=1S/C28H39NO4Si4/c1-34(2,26-17-10-7-11-18-26)31-37(24-16-23-29-25-30,32-35(3,4)27-19-12-8-13-20-27)33-36(5,6)28-21-14-9-15-22-28/h7-15,17-22H,16,23-24H2,1-6H3. The van der Waals surface area contributed by atoms with Gasteiger partial charge in [-0.25, -0.2) is 9.79 Å². The molecular formula is C28H39NO4Si4. The van der Waals surface area contributed by atoms with Crippen molar-refractivity contribution < 1.29 is 17.1 Å². The third-order valence-electron chi connectivity index (χ3n) is 6.46. The van der Waals surface area contributed by atoms with E-state index in [2.05, 4.69) is 117 Å². The molecular weight excluding hydrogens is 527 g/mol. The number of hydrogen-bond acceptors (Lipinski definition) is 5. The van der Waals surface area contributed by atoms with Gasteiger partial charge in [-0.2, -0.15) is 0 Å². The second-order valence-corrected chi connectivity index (χ2v) is 25.8. The summed E-state index contributed by atoms with van der Waals surface area (Å²) in [6.07, 6.45) is 2.31. The van der Waals surface area contributed by atoms with Crippen LogP contribution in [-0.4, -0.2) is 46.4 Å². The van der Waals surface area contributed by atoms with Gasteiger partial charge < -0.3 is 12.3 Å². The van der Waals surface area contributed by atoms with Crippen molar-refractivity contribution in [3.8, 4) is 0 Å². The summed E-state index contributed by atoms with van der Waals surface area (Å²) in [5.41, 5.74) is 0. The molecule has 0 amide bonds. The molecule has 0 aromatic heterocycles. The lowest BCUT2D eigenvalue weighted by atomic mass is 10.4. The maximum absolute atomic E-state index is 10.8. The maximum atomic E-state index is 10.8. The Hall–Kier alpha value is -2.21. The van der Waals surface area contributed by atoms with Crippen LogP contribution in [0, 0.1) is 0 Å². The minimum absolute atomic E-state index is 0.377. The summed E-state index contributed by atoms with van der Waals surface area (Å²) in [4.78, 5) is 14.6. The molecule has 0 unspecified atom stereocenters. The molecule has 0 saturated carbocycles. The molecule has 0 N–H and O–H groups in total. The molecule has 0 aliphatic heterocycles. The van der Waals surface area contributed by atoms with Gasteiger partial charge in [-0.05, 0) is 61.3 Å². The van der Waals surface area contributed by atoms with Gasteiger partial charge in [0.1, 0.15) is 0 Å². The number of benzene rings is 3. The number of carbonyl (C=O) groups excluding carboxylic acids is 1. The van der Waals surface area contributed by atoms with Crippen molar-refractivity contribution in [2.24, 2.45) is 4.99 Å². The molecule has 3 aromatic rings. The topological polar surface area (TPSA) is 57.1 Å². The molecule has 9 heteroatoms. The average molecular weight is 566 g/mol. The lowest BCUT2D eigenvalue weighted by Crippen LogP contribution is -2.67. The first-order chi connectivity index (χ1) is 17.5. The lowest BCUT2D eigenvalue weighted by Gasteiger charge is -2.45. The largest absolute Gasteiger partial charge is 0.470 e. The first-order valence-electron chi connectivity index (χ1n) is 12.8. The van der Waals surface area contributed by atoms with Crippen LogP contribution in [0.1, 0.15) is 6.42 Å². The van der Waals surface area contributed by atoms with Gasteiger partial charge in [0.2, 0.25) is 31.0 Å². The van der Waals surface area contributed by atoms with E-state index in [0.717, 1.165) is 0 Å². The summed E-state index contributed by atoms with van der Waals surface area (Å²) in [6.45, 7) is 13.7. The molecule has 0 spiro atoms. The van der Waals surface area contributed by atoms with E-state index in [-0.39, 0.29) is 0 Å². The van der Waals surface area contributed by atoms with Crippen LogP contribution >= 0.6 is 0 Å². The molecule has 3 rings (SSSR count). The predicted molar refractivity (Wildman–Crippen MR) is 162 cm³/mol. The van der Waals surface area contributed by atoms with E-state index in [9.17, 15) is 4.79 Å². The number of rotatable bonds is 13. The predicted octanol–water partition coefficient (Wildman–Crippen LogP) is 5.04.